The highest BCUT2D eigenvalue weighted by Gasteiger charge is 2.36. The van der Waals surface area contributed by atoms with E-state index in [1.165, 1.54) is 0 Å². The molecule has 10 heteroatoms. The van der Waals surface area contributed by atoms with E-state index in [9.17, 15) is 26.9 Å². The van der Waals surface area contributed by atoms with Crippen LogP contribution in [0.4, 0.5) is 18.9 Å². The monoisotopic (exact) mass is 488 g/mol. The van der Waals surface area contributed by atoms with Crippen LogP contribution < -0.4 is 4.72 Å². The van der Waals surface area contributed by atoms with Gasteiger partial charge in [0.25, 0.3) is 0 Å². The van der Waals surface area contributed by atoms with Crippen LogP contribution in [0, 0.1) is 11.3 Å². The van der Waals surface area contributed by atoms with E-state index >= 15 is 0 Å². The van der Waals surface area contributed by atoms with E-state index in [-0.39, 0.29) is 22.2 Å². The van der Waals surface area contributed by atoms with Gasteiger partial charge in [-0.25, -0.2) is 13.4 Å². The SMILES string of the molecule is N#Cc1c(-c2ccc(NS(=O)(=O)C3CC3)cc2)n(C2CCCCC2)c2ncc(C(F)(F)F)cc12. The van der Waals surface area contributed by atoms with Gasteiger partial charge in [-0.3, -0.25) is 4.72 Å². The van der Waals surface area contributed by atoms with E-state index in [1.54, 1.807) is 24.3 Å². The molecule has 5 rings (SSSR count). The fourth-order valence-electron chi connectivity index (χ4n) is 4.76. The van der Waals surface area contributed by atoms with Gasteiger partial charge in [0, 0.05) is 23.3 Å². The van der Waals surface area contributed by atoms with Gasteiger partial charge < -0.3 is 4.57 Å². The molecule has 2 saturated carbocycles. The van der Waals surface area contributed by atoms with Gasteiger partial charge in [0.15, 0.2) is 0 Å². The predicted octanol–water partition coefficient (Wildman–Crippen LogP) is 6.00. The van der Waals surface area contributed by atoms with Crippen LogP contribution >= 0.6 is 0 Å². The van der Waals surface area contributed by atoms with E-state index in [4.69, 9.17) is 0 Å². The molecule has 0 spiro atoms. The molecular formula is C24H23F3N4O2S. The number of fused-ring (bicyclic) bond motifs is 1. The lowest BCUT2D eigenvalue weighted by atomic mass is 9.94. The van der Waals surface area contributed by atoms with Crippen molar-refractivity contribution >= 4 is 26.7 Å². The first-order valence-corrected chi connectivity index (χ1v) is 12.9. The molecule has 1 N–H and O–H groups in total. The first kappa shape index (κ1) is 22.7. The number of nitriles is 1. The van der Waals surface area contributed by atoms with Gasteiger partial charge in [0.1, 0.15) is 11.7 Å². The van der Waals surface area contributed by atoms with Crippen LogP contribution in [0.2, 0.25) is 0 Å². The second kappa shape index (κ2) is 8.31. The zero-order valence-corrected chi connectivity index (χ0v) is 19.1. The molecule has 2 fully saturated rings. The third-order valence-corrected chi connectivity index (χ3v) is 8.47. The number of halogens is 3. The molecule has 0 radical (unpaired) electrons. The van der Waals surface area contributed by atoms with E-state index in [0.29, 0.717) is 35.4 Å². The van der Waals surface area contributed by atoms with Crippen molar-refractivity contribution in [3.8, 4) is 17.3 Å². The van der Waals surface area contributed by atoms with Gasteiger partial charge in [-0.15, -0.1) is 0 Å². The fraction of sp³-hybridized carbons (Fsp3) is 0.417. The third-order valence-electron chi connectivity index (χ3n) is 6.60. The highest BCUT2D eigenvalue weighted by Crippen LogP contribution is 2.42. The number of alkyl halides is 3. The maximum absolute atomic E-state index is 13.4. The topological polar surface area (TPSA) is 87.8 Å². The Kier molecular flexibility index (Phi) is 5.55. The summed E-state index contributed by atoms with van der Waals surface area (Å²) in [5.74, 6) is 0. The largest absolute Gasteiger partial charge is 0.417 e. The summed E-state index contributed by atoms with van der Waals surface area (Å²) in [6.07, 6.45) is 2.33. The van der Waals surface area contributed by atoms with Gasteiger partial charge in [-0.2, -0.15) is 18.4 Å². The molecule has 178 valence electrons. The van der Waals surface area contributed by atoms with Gasteiger partial charge in [0.05, 0.1) is 22.1 Å². The standard InChI is InChI=1S/C24H23F3N4O2S/c25-24(26,27)16-12-20-21(13-28)22(31(23(20)29-14-16)18-4-2-1-3-5-18)15-6-8-17(9-7-15)30-34(32,33)19-10-11-19/h6-9,12,14,18-19,30H,1-5,10-11H2. The molecule has 0 bridgehead atoms. The van der Waals surface area contributed by atoms with Crippen molar-refractivity contribution in [1.29, 1.82) is 5.26 Å². The van der Waals surface area contributed by atoms with Crippen molar-refractivity contribution in [2.75, 3.05) is 4.72 Å². The number of anilines is 1. The highest BCUT2D eigenvalue weighted by molar-refractivity contribution is 7.93. The first-order valence-electron chi connectivity index (χ1n) is 11.3. The zero-order valence-electron chi connectivity index (χ0n) is 18.3. The van der Waals surface area contributed by atoms with Gasteiger partial charge in [0.2, 0.25) is 10.0 Å². The van der Waals surface area contributed by atoms with Crippen LogP contribution in [0.1, 0.15) is 62.1 Å². The lowest BCUT2D eigenvalue weighted by Crippen LogP contribution is -2.17. The average molecular weight is 489 g/mol. The quantitative estimate of drug-likeness (QED) is 0.477. The van der Waals surface area contributed by atoms with Crippen molar-refractivity contribution in [2.24, 2.45) is 0 Å². The zero-order chi connectivity index (χ0) is 24.1. The van der Waals surface area contributed by atoms with Crippen molar-refractivity contribution in [2.45, 2.75) is 62.4 Å². The summed E-state index contributed by atoms with van der Waals surface area (Å²) in [4.78, 5) is 4.17. The summed E-state index contributed by atoms with van der Waals surface area (Å²) in [6.45, 7) is 0. The Morgan fingerprint density at radius 3 is 2.32 bits per heavy atom. The molecule has 2 aromatic heterocycles. The smallest absolute Gasteiger partial charge is 0.321 e. The minimum atomic E-state index is -4.57. The van der Waals surface area contributed by atoms with E-state index in [0.717, 1.165) is 44.4 Å². The molecule has 3 aromatic rings. The molecule has 2 aliphatic rings. The minimum absolute atomic E-state index is 0.0191. The Morgan fingerprint density at radius 2 is 1.74 bits per heavy atom. The number of rotatable bonds is 5. The molecule has 34 heavy (non-hydrogen) atoms. The molecule has 6 nitrogen and oxygen atoms in total. The van der Waals surface area contributed by atoms with E-state index in [1.807, 2.05) is 4.57 Å². The molecule has 0 saturated heterocycles. The molecule has 0 aliphatic heterocycles. The number of nitrogens with zero attached hydrogens (tertiary/aromatic N) is 3. The van der Waals surface area contributed by atoms with Gasteiger partial charge in [-0.05, 0) is 49.4 Å². The van der Waals surface area contributed by atoms with Crippen LogP contribution in [0.3, 0.4) is 0 Å². The summed E-state index contributed by atoms with van der Waals surface area (Å²) in [7, 11) is -3.42. The number of aromatic nitrogens is 2. The molecule has 0 amide bonds. The maximum Gasteiger partial charge on any atom is 0.417 e. The summed E-state index contributed by atoms with van der Waals surface area (Å²) in [5, 5.41) is 9.81. The van der Waals surface area contributed by atoms with Crippen molar-refractivity contribution < 1.29 is 21.6 Å². The maximum atomic E-state index is 13.4. The fourth-order valence-corrected chi connectivity index (χ4v) is 6.14. The van der Waals surface area contributed by atoms with Gasteiger partial charge in [-0.1, -0.05) is 31.4 Å². The van der Waals surface area contributed by atoms with Crippen LogP contribution in [-0.4, -0.2) is 23.2 Å². The van der Waals surface area contributed by atoms with Crippen molar-refractivity contribution in [3.63, 3.8) is 0 Å². The summed E-state index contributed by atoms with van der Waals surface area (Å²) in [6, 6.07) is 9.77. The molecule has 2 aliphatic carbocycles. The number of pyridine rings is 1. The molecule has 0 atom stereocenters. The summed E-state index contributed by atoms with van der Waals surface area (Å²) < 4.78 is 69.2. The second-order valence-electron chi connectivity index (χ2n) is 9.01. The summed E-state index contributed by atoms with van der Waals surface area (Å²) in [5.41, 5.74) is 1.17. The third kappa shape index (κ3) is 4.13. The van der Waals surface area contributed by atoms with E-state index < -0.39 is 21.8 Å². The lowest BCUT2D eigenvalue weighted by Gasteiger charge is -2.26. The molecule has 1 aromatic carbocycles. The normalized spacial score (nSPS) is 17.6. The number of hydrogen-bond acceptors (Lipinski definition) is 4. The number of nitrogens with one attached hydrogen (secondary N) is 1. The van der Waals surface area contributed by atoms with Crippen molar-refractivity contribution in [3.05, 3.63) is 47.7 Å². The Hall–Kier alpha value is -3.06. The Balaban J connectivity index is 1.64. The Labute approximate surface area is 195 Å². The van der Waals surface area contributed by atoms with Gasteiger partial charge >= 0.3 is 6.18 Å². The van der Waals surface area contributed by atoms with Crippen LogP contribution in [0.15, 0.2) is 36.5 Å². The second-order valence-corrected chi connectivity index (χ2v) is 11.0. The number of sulfonamides is 1. The first-order chi connectivity index (χ1) is 16.2. The van der Waals surface area contributed by atoms with Crippen molar-refractivity contribution in [1.82, 2.24) is 9.55 Å². The Morgan fingerprint density at radius 1 is 1.06 bits per heavy atom. The molecule has 2 heterocycles. The molecule has 0 unspecified atom stereocenters. The average Bonchev–Trinajstić information content (AvgIpc) is 3.62. The predicted molar refractivity (Wildman–Crippen MR) is 123 cm³/mol. The van der Waals surface area contributed by atoms with Crippen LogP contribution in [0.25, 0.3) is 22.3 Å². The lowest BCUT2D eigenvalue weighted by molar-refractivity contribution is -0.137. The van der Waals surface area contributed by atoms with Crippen LogP contribution in [-0.2, 0) is 16.2 Å². The number of benzene rings is 1. The molecular weight excluding hydrogens is 465 g/mol. The van der Waals surface area contributed by atoms with E-state index in [2.05, 4.69) is 15.8 Å². The Bertz CT molecular complexity index is 1380. The van der Waals surface area contributed by atoms with Crippen LogP contribution in [0.5, 0.6) is 0 Å². The summed E-state index contributed by atoms with van der Waals surface area (Å²) >= 11 is 0. The minimum Gasteiger partial charge on any atom is -0.321 e. The number of hydrogen-bond donors (Lipinski definition) is 1. The highest BCUT2D eigenvalue weighted by atomic mass is 32.2.